The van der Waals surface area contributed by atoms with Gasteiger partial charge in [0.25, 0.3) is 0 Å². The van der Waals surface area contributed by atoms with Gasteiger partial charge in [-0.2, -0.15) is 0 Å². The first-order valence-electron chi connectivity index (χ1n) is 12.5. The largest absolute Gasteiger partial charge is 0.460 e. The topological polar surface area (TPSA) is 83.5 Å². The highest BCUT2D eigenvalue weighted by molar-refractivity contribution is 6.92. The highest BCUT2D eigenvalue weighted by atomic mass is 28.4. The van der Waals surface area contributed by atoms with Gasteiger partial charge < -0.3 is 26.9 Å². The van der Waals surface area contributed by atoms with Crippen LogP contribution in [0.15, 0.2) is 24.1 Å². The van der Waals surface area contributed by atoms with Gasteiger partial charge in [-0.15, -0.1) is 6.58 Å². The second-order valence-electron chi connectivity index (χ2n) is 10.5. The molecule has 0 saturated carbocycles. The van der Waals surface area contributed by atoms with Gasteiger partial charge >= 0.3 is 16.0 Å². The third-order valence-corrected chi connectivity index (χ3v) is 19.1. The van der Waals surface area contributed by atoms with Crippen LogP contribution in [0.25, 0.3) is 0 Å². The Balaban J connectivity index is 4.23. The smallest absolute Gasteiger partial charge is 0.410 e. The van der Waals surface area contributed by atoms with Gasteiger partial charge in [-0.05, 0) is 50.1 Å². The molecule has 0 spiro atoms. The summed E-state index contributed by atoms with van der Waals surface area (Å²) < 4.78 is 29.0. The number of hydrogen-bond donors (Lipinski definition) is 1. The molecule has 4 radical (unpaired) electrons. The standard InChI is InChI=1S/C23H48O7Si5/c1-10-12-13-14-15-16-17-33(4,5)28-31-21(3)35(8,9)30-32-29-34(6,7)20-26-18-22(24)19-27-23(25)11-2/h11,22,24H,2-3,10,12-20H2,1,4-9H3. The van der Waals surface area contributed by atoms with Crippen molar-refractivity contribution in [2.45, 2.75) is 96.9 Å². The molecule has 35 heavy (non-hydrogen) atoms. The van der Waals surface area contributed by atoms with Crippen molar-refractivity contribution in [3.8, 4) is 0 Å². The van der Waals surface area contributed by atoms with E-state index in [0.717, 1.165) is 10.9 Å². The normalized spacial score (nSPS) is 13.5. The molecule has 1 atom stereocenters. The quantitative estimate of drug-likeness (QED) is 0.0852. The third-order valence-electron chi connectivity index (χ3n) is 5.27. The lowest BCUT2D eigenvalue weighted by Crippen LogP contribution is -2.45. The molecular weight excluding hydrogens is 529 g/mol. The summed E-state index contributed by atoms with van der Waals surface area (Å²) in [5, 5.41) is 9.84. The van der Waals surface area contributed by atoms with E-state index in [1.54, 1.807) is 0 Å². The molecule has 0 heterocycles. The minimum absolute atomic E-state index is 0.0715. The van der Waals surface area contributed by atoms with Crippen LogP contribution >= 0.6 is 0 Å². The molecule has 0 aliphatic rings. The number of unbranched alkanes of at least 4 members (excludes halogenated alkanes) is 5. The molecule has 0 fully saturated rings. The van der Waals surface area contributed by atoms with Crippen molar-refractivity contribution in [2.75, 3.05) is 19.4 Å². The van der Waals surface area contributed by atoms with E-state index < -0.39 is 37.0 Å². The lowest BCUT2D eigenvalue weighted by atomic mass is 10.1. The molecule has 0 aliphatic carbocycles. The molecule has 1 N–H and O–H groups in total. The number of rotatable bonds is 22. The van der Waals surface area contributed by atoms with E-state index in [-0.39, 0.29) is 33.0 Å². The van der Waals surface area contributed by atoms with Gasteiger partial charge in [-0.3, -0.25) is 0 Å². The van der Waals surface area contributed by atoms with Gasteiger partial charge in [0.2, 0.25) is 26.4 Å². The second-order valence-corrected chi connectivity index (χ2v) is 25.9. The fourth-order valence-electron chi connectivity index (χ4n) is 2.76. The summed E-state index contributed by atoms with van der Waals surface area (Å²) in [5.41, 5.74) is 0. The summed E-state index contributed by atoms with van der Waals surface area (Å²) in [6.07, 6.45) is 8.44. The van der Waals surface area contributed by atoms with Crippen LogP contribution in [0.3, 0.4) is 0 Å². The zero-order valence-corrected chi connectivity index (χ0v) is 28.0. The number of hydrogen-bond acceptors (Lipinski definition) is 7. The summed E-state index contributed by atoms with van der Waals surface area (Å²) in [7, 11) is -5.76. The van der Waals surface area contributed by atoms with Crippen molar-refractivity contribution in [3.05, 3.63) is 24.1 Å². The lowest BCUT2D eigenvalue weighted by Gasteiger charge is -2.30. The molecule has 0 rings (SSSR count). The highest BCUT2D eigenvalue weighted by Crippen LogP contribution is 2.20. The number of carbonyl (C=O) groups excluding carboxylic acids is 1. The summed E-state index contributed by atoms with van der Waals surface area (Å²) in [6.45, 7) is 22.8. The lowest BCUT2D eigenvalue weighted by molar-refractivity contribution is -0.141. The fourth-order valence-corrected chi connectivity index (χ4v) is 11.4. The van der Waals surface area contributed by atoms with Crippen LogP contribution in [0.5, 0.6) is 0 Å². The van der Waals surface area contributed by atoms with Gasteiger partial charge in [0.05, 0.1) is 12.8 Å². The molecule has 0 aromatic carbocycles. The van der Waals surface area contributed by atoms with Crippen molar-refractivity contribution in [2.24, 2.45) is 0 Å². The van der Waals surface area contributed by atoms with E-state index >= 15 is 0 Å². The van der Waals surface area contributed by atoms with E-state index in [2.05, 4.69) is 46.3 Å². The van der Waals surface area contributed by atoms with Crippen molar-refractivity contribution in [1.82, 2.24) is 0 Å². The minimum atomic E-state index is -2.15. The van der Waals surface area contributed by atoms with Crippen LogP contribution in [-0.4, -0.2) is 81.3 Å². The average Bonchev–Trinajstić information content (AvgIpc) is 2.77. The first kappa shape index (κ1) is 34.8. The van der Waals surface area contributed by atoms with Crippen molar-refractivity contribution in [3.63, 3.8) is 0 Å². The number of aliphatic hydroxyl groups is 1. The van der Waals surface area contributed by atoms with Crippen LogP contribution in [0.2, 0.25) is 45.3 Å². The Labute approximate surface area is 222 Å². The van der Waals surface area contributed by atoms with E-state index in [4.69, 9.17) is 21.8 Å². The molecule has 12 heteroatoms. The summed E-state index contributed by atoms with van der Waals surface area (Å²) in [4.78, 5) is 12.1. The third kappa shape index (κ3) is 18.7. The minimum Gasteiger partial charge on any atom is -0.460 e. The van der Waals surface area contributed by atoms with Crippen molar-refractivity contribution >= 4 is 50.7 Å². The van der Waals surface area contributed by atoms with E-state index in [9.17, 15) is 9.90 Å². The summed E-state index contributed by atoms with van der Waals surface area (Å²) >= 11 is 0. The Morgan fingerprint density at radius 2 is 1.57 bits per heavy atom. The number of carbonyl (C=O) groups is 1. The SMILES string of the molecule is C=CC(=O)OCC(O)COC[Si](C)(C)O[Si]O[Si](C)(C)C(=C)[Si]O[Si](C)(C)CCCCCCCC. The van der Waals surface area contributed by atoms with Crippen LogP contribution in [0.1, 0.15) is 45.4 Å². The van der Waals surface area contributed by atoms with E-state index in [1.807, 2.05) is 13.1 Å². The molecule has 0 aromatic rings. The van der Waals surface area contributed by atoms with Gasteiger partial charge in [0, 0.05) is 6.08 Å². The maximum absolute atomic E-state index is 11.0. The summed E-state index contributed by atoms with van der Waals surface area (Å²) in [5.74, 6) is -0.566. The van der Waals surface area contributed by atoms with Gasteiger partial charge in [-0.25, -0.2) is 4.79 Å². The molecule has 0 amide bonds. The Morgan fingerprint density at radius 1 is 0.943 bits per heavy atom. The Bertz CT molecular complexity index is 629. The molecule has 1 unspecified atom stereocenters. The first-order valence-corrected chi connectivity index (χ1v) is 23.4. The van der Waals surface area contributed by atoms with Crippen molar-refractivity contribution < 1.29 is 31.7 Å². The van der Waals surface area contributed by atoms with Crippen LogP contribution in [-0.2, 0) is 26.6 Å². The van der Waals surface area contributed by atoms with Gasteiger partial charge in [-0.1, -0.05) is 52.0 Å². The zero-order chi connectivity index (χ0) is 27.0. The molecule has 0 aliphatic heterocycles. The number of esters is 1. The molecule has 0 saturated heterocycles. The maximum Gasteiger partial charge on any atom is 0.410 e. The predicted molar refractivity (Wildman–Crippen MR) is 153 cm³/mol. The molecule has 202 valence electrons. The van der Waals surface area contributed by atoms with Crippen molar-refractivity contribution in [1.29, 1.82) is 0 Å². The predicted octanol–water partition coefficient (Wildman–Crippen LogP) is 4.86. The zero-order valence-electron chi connectivity index (χ0n) is 23.0. The number of ether oxygens (including phenoxy) is 2. The van der Waals surface area contributed by atoms with Crippen LogP contribution in [0.4, 0.5) is 0 Å². The second kappa shape index (κ2) is 18.1. The first-order chi connectivity index (χ1) is 16.2. The molecule has 0 bridgehead atoms. The Hall–Kier alpha value is -0.166. The average molecular weight is 577 g/mol. The Kier molecular flexibility index (Phi) is 18.1. The highest BCUT2D eigenvalue weighted by Gasteiger charge is 2.32. The molecule has 7 nitrogen and oxygen atoms in total. The van der Waals surface area contributed by atoms with Crippen LogP contribution in [0, 0.1) is 0 Å². The summed E-state index contributed by atoms with van der Waals surface area (Å²) in [6, 6.07) is 1.19. The molecule has 0 aromatic heterocycles. The Morgan fingerprint density at radius 3 is 2.20 bits per heavy atom. The maximum atomic E-state index is 11.0. The molecular formula is C23H48O7Si5. The number of aliphatic hydroxyl groups excluding tert-OH is 1. The monoisotopic (exact) mass is 576 g/mol. The fraction of sp³-hybridized carbons (Fsp3) is 0.783. The van der Waals surface area contributed by atoms with Crippen LogP contribution < -0.4 is 0 Å². The van der Waals surface area contributed by atoms with Gasteiger partial charge in [0.1, 0.15) is 12.7 Å². The van der Waals surface area contributed by atoms with E-state index in [1.165, 1.54) is 44.6 Å². The van der Waals surface area contributed by atoms with E-state index in [0.29, 0.717) is 6.23 Å². The van der Waals surface area contributed by atoms with Gasteiger partial charge in [0.15, 0.2) is 8.32 Å².